The van der Waals surface area contributed by atoms with Crippen molar-refractivity contribution in [3.63, 3.8) is 0 Å². The second kappa shape index (κ2) is 6.38. The molecular formula is C18H20N6O2. The molecule has 1 aromatic carbocycles. The lowest BCUT2D eigenvalue weighted by atomic mass is 9.96. The molecule has 1 unspecified atom stereocenters. The molecule has 26 heavy (non-hydrogen) atoms. The fourth-order valence-electron chi connectivity index (χ4n) is 3.42. The second-order valence-corrected chi connectivity index (χ2v) is 6.60. The van der Waals surface area contributed by atoms with Crippen LogP contribution in [0.2, 0.25) is 0 Å². The average molecular weight is 352 g/mol. The molecule has 0 fully saturated rings. The van der Waals surface area contributed by atoms with Gasteiger partial charge in [-0.25, -0.2) is 4.98 Å². The molecule has 0 bridgehead atoms. The average Bonchev–Trinajstić information content (AvgIpc) is 3.01. The number of aromatic nitrogens is 4. The summed E-state index contributed by atoms with van der Waals surface area (Å²) in [5, 5.41) is 4.49. The van der Waals surface area contributed by atoms with Crippen molar-refractivity contribution in [1.29, 1.82) is 0 Å². The van der Waals surface area contributed by atoms with E-state index in [2.05, 4.69) is 15.1 Å². The first-order chi connectivity index (χ1) is 12.5. The van der Waals surface area contributed by atoms with Crippen LogP contribution in [0.3, 0.4) is 0 Å². The molecule has 2 aromatic heterocycles. The first kappa shape index (κ1) is 16.5. The minimum absolute atomic E-state index is 0.00250. The standard InChI is InChI=1S/C18H20N6O2/c1-23-17-13(8-20-23)18(26)22-15(21-17)6-7-16(25)24-9-11-4-2-3-5-12(11)14(19)10-24/h2-5,8,14H,6-7,9-10,19H2,1H3,(H,21,22,26). The summed E-state index contributed by atoms with van der Waals surface area (Å²) in [5.74, 6) is 0.490. The van der Waals surface area contributed by atoms with Gasteiger partial charge in [-0.05, 0) is 11.1 Å². The van der Waals surface area contributed by atoms with Gasteiger partial charge >= 0.3 is 0 Å². The molecule has 0 spiro atoms. The molecule has 1 atom stereocenters. The Hall–Kier alpha value is -3.00. The number of hydrogen-bond acceptors (Lipinski definition) is 5. The Morgan fingerprint density at radius 2 is 2.19 bits per heavy atom. The van der Waals surface area contributed by atoms with Crippen LogP contribution in [0.5, 0.6) is 0 Å². The lowest BCUT2D eigenvalue weighted by Crippen LogP contribution is -2.41. The minimum atomic E-state index is -0.237. The maximum Gasteiger partial charge on any atom is 0.262 e. The number of fused-ring (bicyclic) bond motifs is 2. The van der Waals surface area contributed by atoms with Crippen molar-refractivity contribution in [1.82, 2.24) is 24.6 Å². The highest BCUT2D eigenvalue weighted by atomic mass is 16.2. The molecule has 3 N–H and O–H groups in total. The van der Waals surface area contributed by atoms with E-state index < -0.39 is 0 Å². The topological polar surface area (TPSA) is 110 Å². The van der Waals surface area contributed by atoms with Gasteiger partial charge in [0.05, 0.1) is 6.20 Å². The summed E-state index contributed by atoms with van der Waals surface area (Å²) in [4.78, 5) is 33.6. The number of benzene rings is 1. The highest BCUT2D eigenvalue weighted by molar-refractivity contribution is 5.77. The Bertz CT molecular complexity index is 1040. The number of hydrogen-bond donors (Lipinski definition) is 2. The third-order valence-electron chi connectivity index (χ3n) is 4.81. The van der Waals surface area contributed by atoms with Gasteiger partial charge in [-0.3, -0.25) is 14.3 Å². The van der Waals surface area contributed by atoms with E-state index in [1.807, 2.05) is 24.3 Å². The Labute approximate surface area is 149 Å². The summed E-state index contributed by atoms with van der Waals surface area (Å²) in [6.45, 7) is 1.06. The number of aromatic amines is 1. The lowest BCUT2D eigenvalue weighted by molar-refractivity contribution is -0.132. The summed E-state index contributed by atoms with van der Waals surface area (Å²) < 4.78 is 1.55. The molecule has 8 nitrogen and oxygen atoms in total. The van der Waals surface area contributed by atoms with E-state index in [1.54, 1.807) is 16.6 Å². The Balaban J connectivity index is 1.48. The number of nitrogens with one attached hydrogen (secondary N) is 1. The SMILES string of the molecule is Cn1ncc2c(=O)[nH]c(CCC(=O)N3Cc4ccccc4C(N)C3)nc21. The van der Waals surface area contributed by atoms with Gasteiger partial charge in [-0.15, -0.1) is 0 Å². The molecule has 1 amide bonds. The van der Waals surface area contributed by atoms with Crippen LogP contribution in [-0.2, 0) is 24.8 Å². The number of rotatable bonds is 3. The van der Waals surface area contributed by atoms with Crippen LogP contribution < -0.4 is 11.3 Å². The number of carbonyl (C=O) groups excluding carboxylic acids is 1. The van der Waals surface area contributed by atoms with E-state index in [1.165, 1.54) is 6.20 Å². The van der Waals surface area contributed by atoms with Gasteiger partial charge in [0.25, 0.3) is 5.56 Å². The van der Waals surface area contributed by atoms with Gasteiger partial charge in [0.2, 0.25) is 5.91 Å². The summed E-state index contributed by atoms with van der Waals surface area (Å²) in [5.41, 5.74) is 8.67. The highest BCUT2D eigenvalue weighted by Crippen LogP contribution is 2.25. The van der Waals surface area contributed by atoms with Crippen LogP contribution in [-0.4, -0.2) is 37.1 Å². The minimum Gasteiger partial charge on any atom is -0.336 e. The third kappa shape index (κ3) is 2.88. The second-order valence-electron chi connectivity index (χ2n) is 6.60. The van der Waals surface area contributed by atoms with E-state index in [0.29, 0.717) is 36.4 Å². The quantitative estimate of drug-likeness (QED) is 0.718. The Morgan fingerprint density at radius 1 is 1.38 bits per heavy atom. The van der Waals surface area contributed by atoms with Crippen molar-refractivity contribution in [2.45, 2.75) is 25.4 Å². The number of nitrogens with zero attached hydrogens (tertiary/aromatic N) is 4. The predicted octanol–water partition coefficient (Wildman–Crippen LogP) is 0.631. The van der Waals surface area contributed by atoms with Gasteiger partial charge < -0.3 is 15.6 Å². The number of nitrogens with two attached hydrogens (primary N) is 1. The molecule has 0 radical (unpaired) electrons. The summed E-state index contributed by atoms with van der Waals surface area (Å²) in [7, 11) is 1.73. The smallest absolute Gasteiger partial charge is 0.262 e. The molecule has 0 aliphatic carbocycles. The molecule has 134 valence electrons. The van der Waals surface area contributed by atoms with E-state index in [0.717, 1.165) is 11.1 Å². The van der Waals surface area contributed by atoms with Gasteiger partial charge in [0, 0.05) is 39.0 Å². The number of H-pyrrole nitrogens is 1. The van der Waals surface area contributed by atoms with Crippen LogP contribution in [0.4, 0.5) is 0 Å². The van der Waals surface area contributed by atoms with E-state index in [-0.39, 0.29) is 23.9 Å². The maximum absolute atomic E-state index is 12.6. The third-order valence-corrected chi connectivity index (χ3v) is 4.81. The van der Waals surface area contributed by atoms with Crippen LogP contribution >= 0.6 is 0 Å². The van der Waals surface area contributed by atoms with Crippen LogP contribution in [0.15, 0.2) is 35.3 Å². The summed E-state index contributed by atoms with van der Waals surface area (Å²) in [6, 6.07) is 7.76. The summed E-state index contributed by atoms with van der Waals surface area (Å²) in [6.07, 6.45) is 2.12. The van der Waals surface area contributed by atoms with Crippen molar-refractivity contribution < 1.29 is 4.79 Å². The predicted molar refractivity (Wildman–Crippen MR) is 96.2 cm³/mol. The lowest BCUT2D eigenvalue weighted by Gasteiger charge is -2.33. The molecular weight excluding hydrogens is 332 g/mol. The van der Waals surface area contributed by atoms with E-state index in [4.69, 9.17) is 5.73 Å². The zero-order chi connectivity index (χ0) is 18.3. The monoisotopic (exact) mass is 352 g/mol. The normalized spacial score (nSPS) is 16.7. The molecule has 0 saturated carbocycles. The Kier molecular flexibility index (Phi) is 4.04. The maximum atomic E-state index is 12.6. The first-order valence-electron chi connectivity index (χ1n) is 8.55. The molecule has 0 saturated heterocycles. The molecule has 8 heteroatoms. The number of amides is 1. The van der Waals surface area contributed by atoms with Crippen molar-refractivity contribution in [2.24, 2.45) is 12.8 Å². The van der Waals surface area contributed by atoms with E-state index >= 15 is 0 Å². The van der Waals surface area contributed by atoms with Crippen LogP contribution in [0, 0.1) is 0 Å². The zero-order valence-corrected chi connectivity index (χ0v) is 14.5. The van der Waals surface area contributed by atoms with Gasteiger partial charge in [-0.2, -0.15) is 5.10 Å². The van der Waals surface area contributed by atoms with Crippen molar-refractivity contribution in [2.75, 3.05) is 6.54 Å². The molecule has 3 heterocycles. The van der Waals surface area contributed by atoms with Gasteiger partial charge in [0.1, 0.15) is 11.2 Å². The molecule has 1 aliphatic heterocycles. The Morgan fingerprint density at radius 3 is 3.04 bits per heavy atom. The summed E-state index contributed by atoms with van der Waals surface area (Å²) >= 11 is 0. The molecule has 3 aromatic rings. The van der Waals surface area contributed by atoms with Crippen molar-refractivity contribution in [3.05, 3.63) is 57.8 Å². The number of carbonyl (C=O) groups is 1. The molecule has 1 aliphatic rings. The highest BCUT2D eigenvalue weighted by Gasteiger charge is 2.25. The largest absolute Gasteiger partial charge is 0.336 e. The van der Waals surface area contributed by atoms with E-state index in [9.17, 15) is 9.59 Å². The number of aryl methyl sites for hydroxylation is 2. The van der Waals surface area contributed by atoms with Crippen molar-refractivity contribution >= 4 is 16.9 Å². The van der Waals surface area contributed by atoms with Gasteiger partial charge in [0.15, 0.2) is 5.65 Å². The fraction of sp³-hybridized carbons (Fsp3) is 0.333. The zero-order valence-electron chi connectivity index (χ0n) is 14.5. The molecule has 4 rings (SSSR count). The first-order valence-corrected chi connectivity index (χ1v) is 8.55. The van der Waals surface area contributed by atoms with Crippen LogP contribution in [0.1, 0.15) is 29.4 Å². The van der Waals surface area contributed by atoms with Crippen molar-refractivity contribution in [3.8, 4) is 0 Å². The van der Waals surface area contributed by atoms with Crippen LogP contribution in [0.25, 0.3) is 11.0 Å². The fourth-order valence-corrected chi connectivity index (χ4v) is 3.42. The van der Waals surface area contributed by atoms with Gasteiger partial charge in [-0.1, -0.05) is 24.3 Å².